The minimum absolute atomic E-state index is 0.0267. The van der Waals surface area contributed by atoms with E-state index in [-0.39, 0.29) is 5.91 Å². The molecule has 3 heteroatoms. The Bertz CT molecular complexity index is 561. The normalized spacial score (nSPS) is 11.8. The van der Waals surface area contributed by atoms with Crippen molar-refractivity contribution in [2.45, 2.75) is 33.4 Å². The standard InChI is InChI=1S/C19H23NO2/c1-14-5-9-17(10-6-14)13-20(4)19(21)16(3)22-18-11-7-15(2)8-12-18/h5-12,16H,13H2,1-4H3/t16-/m1/s1. The van der Waals surface area contributed by atoms with Gasteiger partial charge in [-0.1, -0.05) is 47.5 Å². The van der Waals surface area contributed by atoms with Gasteiger partial charge in [-0.2, -0.15) is 0 Å². The maximum absolute atomic E-state index is 12.4. The van der Waals surface area contributed by atoms with Crippen LogP contribution in [0.1, 0.15) is 23.6 Å². The van der Waals surface area contributed by atoms with Crippen LogP contribution in [0.5, 0.6) is 5.75 Å². The molecule has 0 aliphatic heterocycles. The molecule has 116 valence electrons. The van der Waals surface area contributed by atoms with Crippen LogP contribution in [-0.4, -0.2) is 24.0 Å². The Balaban J connectivity index is 1.94. The molecule has 0 fully saturated rings. The van der Waals surface area contributed by atoms with Crippen molar-refractivity contribution >= 4 is 5.91 Å². The number of nitrogens with zero attached hydrogens (tertiary/aromatic N) is 1. The Labute approximate surface area is 132 Å². The largest absolute Gasteiger partial charge is 0.481 e. The van der Waals surface area contributed by atoms with Crippen LogP contribution < -0.4 is 4.74 Å². The Hall–Kier alpha value is -2.29. The Kier molecular flexibility index (Phi) is 5.21. The van der Waals surface area contributed by atoms with Gasteiger partial charge in [0.15, 0.2) is 6.10 Å². The summed E-state index contributed by atoms with van der Waals surface area (Å²) in [5.74, 6) is 0.691. The number of aryl methyl sites for hydroxylation is 2. The summed E-state index contributed by atoms with van der Waals surface area (Å²) in [5.41, 5.74) is 3.50. The zero-order valence-corrected chi connectivity index (χ0v) is 13.7. The lowest BCUT2D eigenvalue weighted by Crippen LogP contribution is -2.37. The van der Waals surface area contributed by atoms with Gasteiger partial charge in [0, 0.05) is 13.6 Å². The lowest BCUT2D eigenvalue weighted by molar-refractivity contribution is -0.137. The van der Waals surface area contributed by atoms with E-state index in [1.54, 1.807) is 18.9 Å². The number of carbonyl (C=O) groups is 1. The van der Waals surface area contributed by atoms with E-state index in [0.717, 1.165) is 11.3 Å². The van der Waals surface area contributed by atoms with E-state index in [0.29, 0.717) is 6.54 Å². The van der Waals surface area contributed by atoms with Crippen molar-refractivity contribution in [2.75, 3.05) is 7.05 Å². The minimum atomic E-state index is -0.502. The van der Waals surface area contributed by atoms with Gasteiger partial charge in [0.25, 0.3) is 5.91 Å². The Morgan fingerprint density at radius 2 is 1.50 bits per heavy atom. The quantitative estimate of drug-likeness (QED) is 0.841. The van der Waals surface area contributed by atoms with E-state index in [9.17, 15) is 4.79 Å². The summed E-state index contributed by atoms with van der Waals surface area (Å²) in [5, 5.41) is 0. The van der Waals surface area contributed by atoms with E-state index in [1.807, 2.05) is 43.3 Å². The molecular weight excluding hydrogens is 274 g/mol. The molecule has 0 aliphatic rings. The van der Waals surface area contributed by atoms with Gasteiger partial charge in [-0.15, -0.1) is 0 Å². The second-order valence-electron chi connectivity index (χ2n) is 5.75. The topological polar surface area (TPSA) is 29.5 Å². The van der Waals surface area contributed by atoms with Crippen molar-refractivity contribution in [2.24, 2.45) is 0 Å². The molecule has 0 saturated carbocycles. The van der Waals surface area contributed by atoms with Crippen LogP contribution in [0, 0.1) is 13.8 Å². The molecule has 0 bridgehead atoms. The molecule has 1 atom stereocenters. The van der Waals surface area contributed by atoms with E-state index < -0.39 is 6.10 Å². The first-order chi connectivity index (χ1) is 10.5. The molecule has 2 aromatic carbocycles. The molecule has 2 rings (SSSR count). The molecule has 0 unspecified atom stereocenters. The van der Waals surface area contributed by atoms with Gasteiger partial charge in [-0.25, -0.2) is 0 Å². The average Bonchev–Trinajstić information content (AvgIpc) is 2.51. The molecule has 1 amide bonds. The molecule has 2 aromatic rings. The van der Waals surface area contributed by atoms with Crippen LogP contribution in [0.2, 0.25) is 0 Å². The fourth-order valence-corrected chi connectivity index (χ4v) is 2.23. The van der Waals surface area contributed by atoms with Crippen molar-refractivity contribution in [3.63, 3.8) is 0 Å². The molecule has 3 nitrogen and oxygen atoms in total. The van der Waals surface area contributed by atoms with Gasteiger partial charge in [0.1, 0.15) is 5.75 Å². The number of rotatable bonds is 5. The van der Waals surface area contributed by atoms with Gasteiger partial charge in [-0.3, -0.25) is 4.79 Å². The smallest absolute Gasteiger partial charge is 0.263 e. The SMILES string of the molecule is Cc1ccc(CN(C)C(=O)[C@@H](C)Oc2ccc(C)cc2)cc1. The fraction of sp³-hybridized carbons (Fsp3) is 0.316. The third-order valence-electron chi connectivity index (χ3n) is 3.60. The van der Waals surface area contributed by atoms with E-state index in [4.69, 9.17) is 4.74 Å². The number of likely N-dealkylation sites (N-methyl/N-ethyl adjacent to an activating group) is 1. The highest BCUT2D eigenvalue weighted by Crippen LogP contribution is 2.15. The molecule has 0 aliphatic carbocycles. The summed E-state index contributed by atoms with van der Waals surface area (Å²) in [7, 11) is 1.80. The first kappa shape index (κ1) is 16.1. The van der Waals surface area contributed by atoms with Crippen LogP contribution >= 0.6 is 0 Å². The maximum Gasteiger partial charge on any atom is 0.263 e. The van der Waals surface area contributed by atoms with E-state index in [2.05, 4.69) is 19.1 Å². The summed E-state index contributed by atoms with van der Waals surface area (Å²) in [6, 6.07) is 15.9. The van der Waals surface area contributed by atoms with Crippen LogP contribution in [0.3, 0.4) is 0 Å². The first-order valence-corrected chi connectivity index (χ1v) is 7.49. The van der Waals surface area contributed by atoms with Crippen LogP contribution in [0.25, 0.3) is 0 Å². The molecule has 0 N–H and O–H groups in total. The summed E-state index contributed by atoms with van der Waals surface area (Å²) >= 11 is 0. The highest BCUT2D eigenvalue weighted by molar-refractivity contribution is 5.80. The second kappa shape index (κ2) is 7.12. The van der Waals surface area contributed by atoms with Crippen LogP contribution in [0.15, 0.2) is 48.5 Å². The van der Waals surface area contributed by atoms with Gasteiger partial charge in [0.2, 0.25) is 0 Å². The van der Waals surface area contributed by atoms with E-state index in [1.165, 1.54) is 11.1 Å². The summed E-state index contributed by atoms with van der Waals surface area (Å²) in [6.07, 6.45) is -0.502. The van der Waals surface area contributed by atoms with Gasteiger partial charge in [-0.05, 0) is 38.5 Å². The monoisotopic (exact) mass is 297 g/mol. The molecule has 0 spiro atoms. The average molecular weight is 297 g/mol. The summed E-state index contributed by atoms with van der Waals surface area (Å²) in [6.45, 7) is 6.44. The third-order valence-corrected chi connectivity index (χ3v) is 3.60. The van der Waals surface area contributed by atoms with Gasteiger partial charge in [0.05, 0.1) is 0 Å². The van der Waals surface area contributed by atoms with Crippen molar-refractivity contribution in [3.05, 3.63) is 65.2 Å². The van der Waals surface area contributed by atoms with E-state index >= 15 is 0 Å². The fourth-order valence-electron chi connectivity index (χ4n) is 2.23. The second-order valence-corrected chi connectivity index (χ2v) is 5.75. The van der Waals surface area contributed by atoms with Gasteiger partial charge >= 0.3 is 0 Å². The highest BCUT2D eigenvalue weighted by atomic mass is 16.5. The van der Waals surface area contributed by atoms with Crippen LogP contribution in [0.4, 0.5) is 0 Å². The van der Waals surface area contributed by atoms with Crippen molar-refractivity contribution < 1.29 is 9.53 Å². The predicted molar refractivity (Wildman–Crippen MR) is 88.9 cm³/mol. The number of hydrogen-bond donors (Lipinski definition) is 0. The Morgan fingerprint density at radius 3 is 2.05 bits per heavy atom. The number of ether oxygens (including phenoxy) is 1. The molecule has 0 saturated heterocycles. The summed E-state index contributed by atoms with van der Waals surface area (Å²) in [4.78, 5) is 14.1. The number of hydrogen-bond acceptors (Lipinski definition) is 2. The minimum Gasteiger partial charge on any atom is -0.481 e. The number of benzene rings is 2. The molecule has 0 radical (unpaired) electrons. The lowest BCUT2D eigenvalue weighted by atomic mass is 10.1. The van der Waals surface area contributed by atoms with Gasteiger partial charge < -0.3 is 9.64 Å². The lowest BCUT2D eigenvalue weighted by Gasteiger charge is -2.22. The van der Waals surface area contributed by atoms with Crippen molar-refractivity contribution in [1.82, 2.24) is 4.90 Å². The zero-order valence-electron chi connectivity index (χ0n) is 13.7. The first-order valence-electron chi connectivity index (χ1n) is 7.49. The van der Waals surface area contributed by atoms with Crippen LogP contribution in [-0.2, 0) is 11.3 Å². The maximum atomic E-state index is 12.4. The Morgan fingerprint density at radius 1 is 1.00 bits per heavy atom. The molecule has 22 heavy (non-hydrogen) atoms. The third kappa shape index (κ3) is 4.35. The van der Waals surface area contributed by atoms with Crippen molar-refractivity contribution in [1.29, 1.82) is 0 Å². The number of carbonyl (C=O) groups excluding carboxylic acids is 1. The number of amides is 1. The molecule has 0 aromatic heterocycles. The molecule has 0 heterocycles. The van der Waals surface area contributed by atoms with Crippen molar-refractivity contribution in [3.8, 4) is 5.75 Å². The zero-order chi connectivity index (χ0) is 16.1. The summed E-state index contributed by atoms with van der Waals surface area (Å²) < 4.78 is 5.72. The highest BCUT2D eigenvalue weighted by Gasteiger charge is 2.19. The predicted octanol–water partition coefficient (Wildman–Crippen LogP) is 3.73. The molecular formula is C19H23NO2.